The van der Waals surface area contributed by atoms with E-state index in [4.69, 9.17) is 5.26 Å². The molecule has 0 spiro atoms. The van der Waals surface area contributed by atoms with Gasteiger partial charge >= 0.3 is 0 Å². The van der Waals surface area contributed by atoms with Crippen molar-refractivity contribution in [3.05, 3.63) is 72.3 Å². The van der Waals surface area contributed by atoms with Gasteiger partial charge < -0.3 is 0 Å². The maximum atomic E-state index is 8.88. The zero-order valence-electron chi connectivity index (χ0n) is 14.4. The second-order valence-corrected chi connectivity index (χ2v) is 6.11. The van der Waals surface area contributed by atoms with E-state index in [1.807, 2.05) is 36.7 Å². The van der Waals surface area contributed by atoms with Crippen LogP contribution in [-0.4, -0.2) is 9.97 Å². The van der Waals surface area contributed by atoms with Crippen LogP contribution in [0.5, 0.6) is 0 Å². The van der Waals surface area contributed by atoms with Crippen LogP contribution < -0.4 is 0 Å². The SMILES string of the molecule is CCCCCc1ncc(-c2ccc(-c3ccc(C#N)cc3)cc2)cn1. The fourth-order valence-electron chi connectivity index (χ4n) is 2.76. The van der Waals surface area contributed by atoms with Gasteiger partial charge in [-0.1, -0.05) is 56.2 Å². The Morgan fingerprint density at radius 3 is 1.80 bits per heavy atom. The van der Waals surface area contributed by atoms with E-state index >= 15 is 0 Å². The van der Waals surface area contributed by atoms with Gasteiger partial charge in [-0.3, -0.25) is 0 Å². The molecule has 0 aliphatic rings. The molecular formula is C22H21N3. The monoisotopic (exact) mass is 327 g/mol. The molecule has 0 fully saturated rings. The van der Waals surface area contributed by atoms with E-state index in [0.717, 1.165) is 40.9 Å². The zero-order valence-corrected chi connectivity index (χ0v) is 14.4. The van der Waals surface area contributed by atoms with Crippen molar-refractivity contribution in [2.75, 3.05) is 0 Å². The van der Waals surface area contributed by atoms with E-state index in [9.17, 15) is 0 Å². The molecule has 2 aromatic carbocycles. The molecule has 0 radical (unpaired) electrons. The minimum absolute atomic E-state index is 0.677. The van der Waals surface area contributed by atoms with Crippen LogP contribution in [0.25, 0.3) is 22.3 Å². The van der Waals surface area contributed by atoms with Crippen LogP contribution in [0.15, 0.2) is 60.9 Å². The highest BCUT2D eigenvalue weighted by molar-refractivity contribution is 5.70. The fourth-order valence-corrected chi connectivity index (χ4v) is 2.76. The summed E-state index contributed by atoms with van der Waals surface area (Å²) in [6.07, 6.45) is 8.35. The largest absolute Gasteiger partial charge is 0.241 e. The highest BCUT2D eigenvalue weighted by atomic mass is 14.9. The molecule has 0 atom stereocenters. The average molecular weight is 327 g/mol. The topological polar surface area (TPSA) is 49.6 Å². The Morgan fingerprint density at radius 2 is 1.28 bits per heavy atom. The lowest BCUT2D eigenvalue weighted by Gasteiger charge is -2.06. The number of hydrogen-bond donors (Lipinski definition) is 0. The minimum Gasteiger partial charge on any atom is -0.241 e. The highest BCUT2D eigenvalue weighted by Gasteiger charge is 2.03. The van der Waals surface area contributed by atoms with Gasteiger partial charge in [0.05, 0.1) is 11.6 Å². The van der Waals surface area contributed by atoms with Gasteiger partial charge in [0.25, 0.3) is 0 Å². The lowest BCUT2D eigenvalue weighted by Crippen LogP contribution is -1.95. The van der Waals surface area contributed by atoms with Gasteiger partial charge in [0.1, 0.15) is 5.82 Å². The molecule has 1 aromatic heterocycles. The number of nitriles is 1. The van der Waals surface area contributed by atoms with E-state index < -0.39 is 0 Å². The highest BCUT2D eigenvalue weighted by Crippen LogP contribution is 2.24. The van der Waals surface area contributed by atoms with Crippen molar-refractivity contribution in [2.45, 2.75) is 32.6 Å². The van der Waals surface area contributed by atoms with E-state index in [1.165, 1.54) is 12.8 Å². The van der Waals surface area contributed by atoms with Crippen LogP contribution in [-0.2, 0) is 6.42 Å². The van der Waals surface area contributed by atoms with E-state index in [0.29, 0.717) is 5.56 Å². The Bertz CT molecular complexity index is 842. The lowest BCUT2D eigenvalue weighted by atomic mass is 10.0. The van der Waals surface area contributed by atoms with Crippen molar-refractivity contribution in [3.8, 4) is 28.3 Å². The van der Waals surface area contributed by atoms with Crippen LogP contribution in [0.4, 0.5) is 0 Å². The van der Waals surface area contributed by atoms with E-state index in [-0.39, 0.29) is 0 Å². The van der Waals surface area contributed by atoms with Gasteiger partial charge in [-0.15, -0.1) is 0 Å². The molecule has 0 aliphatic heterocycles. The number of benzene rings is 2. The molecule has 3 rings (SSSR count). The van der Waals surface area contributed by atoms with Crippen LogP contribution >= 0.6 is 0 Å². The van der Waals surface area contributed by atoms with Crippen molar-refractivity contribution in [1.82, 2.24) is 9.97 Å². The van der Waals surface area contributed by atoms with Gasteiger partial charge in [0.2, 0.25) is 0 Å². The normalized spacial score (nSPS) is 10.4. The molecule has 0 amide bonds. The summed E-state index contributed by atoms with van der Waals surface area (Å²) in [5.74, 6) is 0.923. The maximum absolute atomic E-state index is 8.88. The standard InChI is InChI=1S/C22H21N3/c1-2-3-4-5-22-24-15-21(16-25-22)20-12-10-19(11-13-20)18-8-6-17(14-23)7-9-18/h6-13,15-16H,2-5H2,1H3. The number of aryl methyl sites for hydroxylation is 1. The first kappa shape index (κ1) is 16.9. The Balaban J connectivity index is 1.72. The summed E-state index contributed by atoms with van der Waals surface area (Å²) in [5, 5.41) is 8.88. The molecule has 1 heterocycles. The summed E-state index contributed by atoms with van der Waals surface area (Å²) in [5.41, 5.74) is 5.05. The number of nitrogens with zero attached hydrogens (tertiary/aromatic N) is 3. The van der Waals surface area contributed by atoms with Gasteiger partial charge in [-0.25, -0.2) is 9.97 Å². The molecule has 3 aromatic rings. The van der Waals surface area contributed by atoms with Crippen molar-refractivity contribution >= 4 is 0 Å². The molecule has 0 bridgehead atoms. The van der Waals surface area contributed by atoms with Crippen LogP contribution in [0.2, 0.25) is 0 Å². The number of rotatable bonds is 6. The smallest absolute Gasteiger partial charge is 0.128 e. The molecule has 0 saturated carbocycles. The predicted molar refractivity (Wildman–Crippen MR) is 101 cm³/mol. The first-order valence-corrected chi connectivity index (χ1v) is 8.72. The summed E-state index contributed by atoms with van der Waals surface area (Å²) in [6.45, 7) is 2.20. The molecule has 0 saturated heterocycles. The molecule has 3 heteroatoms. The summed E-state index contributed by atoms with van der Waals surface area (Å²) in [6, 6.07) is 18.1. The average Bonchev–Trinajstić information content (AvgIpc) is 2.69. The summed E-state index contributed by atoms with van der Waals surface area (Å²) < 4.78 is 0. The molecule has 124 valence electrons. The summed E-state index contributed by atoms with van der Waals surface area (Å²) in [7, 11) is 0. The van der Waals surface area contributed by atoms with Gasteiger partial charge in [0, 0.05) is 24.4 Å². The quantitative estimate of drug-likeness (QED) is 0.568. The molecule has 25 heavy (non-hydrogen) atoms. The third kappa shape index (κ3) is 4.30. The number of hydrogen-bond acceptors (Lipinski definition) is 3. The Kier molecular flexibility index (Phi) is 5.53. The minimum atomic E-state index is 0.677. The first-order chi connectivity index (χ1) is 12.3. The predicted octanol–water partition coefficient (Wildman–Crippen LogP) is 5.41. The van der Waals surface area contributed by atoms with E-state index in [2.05, 4.69) is 47.2 Å². The Morgan fingerprint density at radius 1 is 0.760 bits per heavy atom. The third-order valence-electron chi connectivity index (χ3n) is 4.27. The first-order valence-electron chi connectivity index (χ1n) is 8.72. The summed E-state index contributed by atoms with van der Waals surface area (Å²) >= 11 is 0. The van der Waals surface area contributed by atoms with E-state index in [1.54, 1.807) is 0 Å². The maximum Gasteiger partial charge on any atom is 0.128 e. The third-order valence-corrected chi connectivity index (χ3v) is 4.27. The Hall–Kier alpha value is -2.99. The van der Waals surface area contributed by atoms with Gasteiger partial charge in [0.15, 0.2) is 0 Å². The van der Waals surface area contributed by atoms with Crippen LogP contribution in [0.3, 0.4) is 0 Å². The molecule has 0 N–H and O–H groups in total. The number of unbranched alkanes of at least 4 members (excludes halogenated alkanes) is 2. The molecular weight excluding hydrogens is 306 g/mol. The van der Waals surface area contributed by atoms with Crippen LogP contribution in [0.1, 0.15) is 37.6 Å². The van der Waals surface area contributed by atoms with Crippen molar-refractivity contribution in [2.24, 2.45) is 0 Å². The molecule has 0 aliphatic carbocycles. The zero-order chi connectivity index (χ0) is 17.5. The summed E-state index contributed by atoms with van der Waals surface area (Å²) in [4.78, 5) is 8.97. The molecule has 0 unspecified atom stereocenters. The number of aromatic nitrogens is 2. The second kappa shape index (κ2) is 8.21. The fraction of sp³-hybridized carbons (Fsp3) is 0.227. The van der Waals surface area contributed by atoms with Crippen molar-refractivity contribution in [1.29, 1.82) is 5.26 Å². The van der Waals surface area contributed by atoms with Crippen molar-refractivity contribution in [3.63, 3.8) is 0 Å². The van der Waals surface area contributed by atoms with Gasteiger partial charge in [-0.05, 0) is 35.2 Å². The molecule has 3 nitrogen and oxygen atoms in total. The Labute approximate surface area is 149 Å². The van der Waals surface area contributed by atoms with Crippen molar-refractivity contribution < 1.29 is 0 Å². The lowest BCUT2D eigenvalue weighted by molar-refractivity contribution is 0.693. The van der Waals surface area contributed by atoms with Gasteiger partial charge in [-0.2, -0.15) is 5.26 Å². The second-order valence-electron chi connectivity index (χ2n) is 6.11. The van der Waals surface area contributed by atoms with Crippen LogP contribution in [0, 0.1) is 11.3 Å².